The van der Waals surface area contributed by atoms with Crippen LogP contribution in [-0.2, 0) is 10.2 Å². The molecule has 1 saturated carbocycles. The molecule has 2 amide bonds. The lowest BCUT2D eigenvalue weighted by Crippen LogP contribution is -2.32. The molecule has 182 valence electrons. The number of aliphatic hydroxyl groups is 1. The van der Waals surface area contributed by atoms with E-state index < -0.39 is 0 Å². The highest BCUT2D eigenvalue weighted by Gasteiger charge is 2.60. The molecular formula is C27H36N4O3. The molecule has 3 fully saturated rings. The molecule has 0 bridgehead atoms. The maximum Gasteiger partial charge on any atom is 0.321 e. The van der Waals surface area contributed by atoms with E-state index in [2.05, 4.69) is 42.7 Å². The van der Waals surface area contributed by atoms with Gasteiger partial charge in [-0.25, -0.2) is 9.78 Å². The number of urea groups is 1. The van der Waals surface area contributed by atoms with Crippen LogP contribution in [0.2, 0.25) is 0 Å². The number of nitrogens with one attached hydrogen (secondary N) is 2. The lowest BCUT2D eigenvalue weighted by atomic mass is 9.95. The monoisotopic (exact) mass is 464 g/mol. The van der Waals surface area contributed by atoms with Crippen LogP contribution in [-0.4, -0.2) is 60.0 Å². The lowest BCUT2D eigenvalue weighted by molar-refractivity contribution is 0.159. The Morgan fingerprint density at radius 3 is 2.88 bits per heavy atom. The summed E-state index contributed by atoms with van der Waals surface area (Å²) in [4.78, 5) is 19.7. The number of aryl methyl sites for hydroxylation is 1. The summed E-state index contributed by atoms with van der Waals surface area (Å²) in [5.41, 5.74) is 5.13. The van der Waals surface area contributed by atoms with Gasteiger partial charge >= 0.3 is 6.03 Å². The second-order valence-corrected chi connectivity index (χ2v) is 10.4. The number of rotatable bonds is 7. The number of likely N-dealkylation sites (tertiary alicyclic amines) is 1. The van der Waals surface area contributed by atoms with Crippen molar-refractivity contribution in [3.8, 4) is 11.1 Å². The van der Waals surface area contributed by atoms with E-state index in [1.807, 2.05) is 24.0 Å². The maximum atomic E-state index is 12.9. The molecule has 1 aromatic heterocycles. The van der Waals surface area contributed by atoms with Crippen LogP contribution in [0, 0.1) is 18.8 Å². The van der Waals surface area contributed by atoms with E-state index in [0.29, 0.717) is 18.4 Å². The standard InChI is InChI=1S/C27H36N4O3/c1-4-19-7-8-31(13-19)26(33)29-22-6-5-17(2)23(11-22)20-9-24(27-12-21(27)15-34-16-27)30-25(10-20)28-18(3)14-32/h5-6,9-11,18-19,21,32H,4,7-8,12-16H2,1-3H3,(H,28,30)(H,29,33)/t18-,19-,21+,27+/m1/s1. The summed E-state index contributed by atoms with van der Waals surface area (Å²) in [6.45, 7) is 9.42. The summed E-state index contributed by atoms with van der Waals surface area (Å²) in [7, 11) is 0. The van der Waals surface area contributed by atoms with Crippen molar-refractivity contribution in [3.05, 3.63) is 41.6 Å². The normalized spacial score (nSPS) is 26.3. The minimum atomic E-state index is -0.0953. The lowest BCUT2D eigenvalue weighted by Gasteiger charge is -2.20. The van der Waals surface area contributed by atoms with E-state index >= 15 is 0 Å². The van der Waals surface area contributed by atoms with Gasteiger partial charge in [-0.3, -0.25) is 0 Å². The molecule has 7 nitrogen and oxygen atoms in total. The van der Waals surface area contributed by atoms with E-state index in [1.54, 1.807) is 0 Å². The first-order valence-corrected chi connectivity index (χ1v) is 12.6. The molecule has 3 heterocycles. The molecule has 34 heavy (non-hydrogen) atoms. The molecule has 1 aliphatic carbocycles. The van der Waals surface area contributed by atoms with Gasteiger partial charge in [0, 0.05) is 30.2 Å². The Morgan fingerprint density at radius 2 is 2.21 bits per heavy atom. The van der Waals surface area contributed by atoms with E-state index in [4.69, 9.17) is 9.72 Å². The Bertz CT molecular complexity index is 1070. The largest absolute Gasteiger partial charge is 0.394 e. The number of aromatic nitrogens is 1. The SMILES string of the molecule is CC[C@@H]1CCN(C(=O)Nc2ccc(C)c(-c3cc(N[C@H](C)CO)nc([C@@]45COC[C@@H]4C5)c3)c2)C1. The van der Waals surface area contributed by atoms with Crippen molar-refractivity contribution >= 4 is 17.5 Å². The third-order valence-corrected chi connectivity index (χ3v) is 7.86. The summed E-state index contributed by atoms with van der Waals surface area (Å²) in [5.74, 6) is 1.90. The van der Waals surface area contributed by atoms with Crippen LogP contribution in [0.3, 0.4) is 0 Å². The molecule has 0 radical (unpaired) electrons. The average molecular weight is 465 g/mol. The van der Waals surface area contributed by atoms with Gasteiger partial charge in [-0.15, -0.1) is 0 Å². The Morgan fingerprint density at radius 1 is 1.35 bits per heavy atom. The number of aliphatic hydroxyl groups excluding tert-OH is 1. The number of carbonyl (C=O) groups excluding carboxylic acids is 1. The third kappa shape index (κ3) is 4.39. The predicted octanol–water partition coefficient (Wildman–Crippen LogP) is 4.40. The summed E-state index contributed by atoms with van der Waals surface area (Å²) < 4.78 is 5.75. The number of hydrogen-bond donors (Lipinski definition) is 3. The zero-order chi connectivity index (χ0) is 23.9. The van der Waals surface area contributed by atoms with E-state index in [0.717, 1.165) is 72.8 Å². The van der Waals surface area contributed by atoms with Crippen molar-refractivity contribution in [3.63, 3.8) is 0 Å². The van der Waals surface area contributed by atoms with Crippen LogP contribution in [0.4, 0.5) is 16.3 Å². The van der Waals surface area contributed by atoms with Crippen molar-refractivity contribution in [1.29, 1.82) is 0 Å². The van der Waals surface area contributed by atoms with E-state index in [1.165, 1.54) is 0 Å². The Labute approximate surface area is 201 Å². The number of hydrogen-bond acceptors (Lipinski definition) is 5. The molecule has 2 saturated heterocycles. The average Bonchev–Trinajstić information content (AvgIpc) is 3.17. The highest BCUT2D eigenvalue weighted by atomic mass is 16.5. The van der Waals surface area contributed by atoms with Crippen LogP contribution in [0.1, 0.15) is 44.4 Å². The van der Waals surface area contributed by atoms with Gasteiger partial charge in [0.25, 0.3) is 0 Å². The van der Waals surface area contributed by atoms with Crippen LogP contribution in [0.5, 0.6) is 0 Å². The van der Waals surface area contributed by atoms with Crippen molar-refractivity contribution < 1.29 is 14.6 Å². The fourth-order valence-corrected chi connectivity index (χ4v) is 5.42. The number of carbonyl (C=O) groups is 1. The molecule has 0 spiro atoms. The van der Waals surface area contributed by atoms with Gasteiger partial charge in [0.05, 0.1) is 25.5 Å². The summed E-state index contributed by atoms with van der Waals surface area (Å²) >= 11 is 0. The van der Waals surface area contributed by atoms with E-state index in [9.17, 15) is 9.90 Å². The van der Waals surface area contributed by atoms with Crippen molar-refractivity contribution in [2.75, 3.05) is 43.5 Å². The van der Waals surface area contributed by atoms with E-state index in [-0.39, 0.29) is 24.1 Å². The number of ether oxygens (including phenoxy) is 1. The highest BCUT2D eigenvalue weighted by Crippen LogP contribution is 2.58. The summed E-state index contributed by atoms with van der Waals surface area (Å²) in [6, 6.07) is 10.2. The van der Waals surface area contributed by atoms with Crippen molar-refractivity contribution in [1.82, 2.24) is 9.88 Å². The molecular weight excluding hydrogens is 428 g/mol. The molecule has 4 atom stereocenters. The van der Waals surface area contributed by atoms with Crippen molar-refractivity contribution in [2.45, 2.75) is 51.5 Å². The van der Waals surface area contributed by atoms with Gasteiger partial charge in [0.2, 0.25) is 0 Å². The summed E-state index contributed by atoms with van der Waals surface area (Å²) in [5, 5.41) is 16.0. The molecule has 7 heteroatoms. The minimum Gasteiger partial charge on any atom is -0.394 e. The number of anilines is 2. The minimum absolute atomic E-state index is 0.0141. The maximum absolute atomic E-state index is 12.9. The Balaban J connectivity index is 1.44. The van der Waals surface area contributed by atoms with Gasteiger partial charge in [-0.1, -0.05) is 19.4 Å². The zero-order valence-corrected chi connectivity index (χ0v) is 20.4. The topological polar surface area (TPSA) is 86.7 Å². The quantitative estimate of drug-likeness (QED) is 0.565. The van der Waals surface area contributed by atoms with Gasteiger partial charge < -0.3 is 25.4 Å². The van der Waals surface area contributed by atoms with Gasteiger partial charge in [-0.05, 0) is 79.5 Å². The van der Waals surface area contributed by atoms with Crippen LogP contribution >= 0.6 is 0 Å². The number of pyridine rings is 1. The van der Waals surface area contributed by atoms with Crippen molar-refractivity contribution in [2.24, 2.45) is 11.8 Å². The second-order valence-electron chi connectivity index (χ2n) is 10.4. The molecule has 2 aliphatic heterocycles. The zero-order valence-electron chi connectivity index (χ0n) is 20.4. The number of amides is 2. The number of benzene rings is 1. The molecule has 3 aliphatic rings. The number of fused-ring (bicyclic) bond motifs is 1. The molecule has 3 N–H and O–H groups in total. The second kappa shape index (κ2) is 9.19. The smallest absolute Gasteiger partial charge is 0.321 e. The fraction of sp³-hybridized carbons (Fsp3) is 0.556. The third-order valence-electron chi connectivity index (χ3n) is 7.86. The number of nitrogens with zero attached hydrogens (tertiary/aromatic N) is 2. The summed E-state index contributed by atoms with van der Waals surface area (Å²) in [6.07, 6.45) is 3.31. The Hall–Kier alpha value is -2.64. The molecule has 1 aromatic carbocycles. The highest BCUT2D eigenvalue weighted by molar-refractivity contribution is 5.90. The fourth-order valence-electron chi connectivity index (χ4n) is 5.42. The molecule has 0 unspecified atom stereocenters. The first-order valence-electron chi connectivity index (χ1n) is 12.6. The molecule has 2 aromatic rings. The Kier molecular flexibility index (Phi) is 6.25. The predicted molar refractivity (Wildman–Crippen MR) is 134 cm³/mol. The van der Waals surface area contributed by atoms with Gasteiger partial charge in [0.1, 0.15) is 5.82 Å². The first-order chi connectivity index (χ1) is 16.4. The van der Waals surface area contributed by atoms with Gasteiger partial charge in [0.15, 0.2) is 0 Å². The first kappa shape index (κ1) is 23.1. The van der Waals surface area contributed by atoms with Crippen LogP contribution in [0.25, 0.3) is 11.1 Å². The van der Waals surface area contributed by atoms with Crippen LogP contribution < -0.4 is 10.6 Å². The van der Waals surface area contributed by atoms with Gasteiger partial charge in [-0.2, -0.15) is 0 Å². The van der Waals surface area contributed by atoms with Crippen LogP contribution in [0.15, 0.2) is 30.3 Å². The molecule has 5 rings (SSSR count).